The summed E-state index contributed by atoms with van der Waals surface area (Å²) in [6.07, 6.45) is -4.79. The summed E-state index contributed by atoms with van der Waals surface area (Å²) in [4.78, 5) is 20.6. The van der Waals surface area contributed by atoms with Gasteiger partial charge in [-0.05, 0) is 18.2 Å². The molecule has 0 atom stereocenters. The summed E-state index contributed by atoms with van der Waals surface area (Å²) in [6, 6.07) is 2.82. The molecule has 18 heavy (non-hydrogen) atoms. The number of carbonyl (C=O) groups is 2. The van der Waals surface area contributed by atoms with Gasteiger partial charge in [0.05, 0.1) is 18.6 Å². The van der Waals surface area contributed by atoms with Crippen molar-refractivity contribution in [3.8, 4) is 5.75 Å². The second-order valence-corrected chi connectivity index (χ2v) is 3.36. The molecule has 0 aliphatic carbocycles. The Morgan fingerprint density at radius 3 is 2.56 bits per heavy atom. The molecule has 7 heteroatoms. The monoisotopic (exact) mass is 262 g/mol. The first-order chi connectivity index (χ1) is 8.34. The Labute approximate surface area is 100.0 Å². The number of carboxylic acid groups (broad SMARTS) is 1. The zero-order chi connectivity index (χ0) is 13.8. The van der Waals surface area contributed by atoms with Crippen LogP contribution in [0.25, 0.3) is 0 Å². The first-order valence-electron chi connectivity index (χ1n) is 4.85. The third-order valence-electron chi connectivity index (χ3n) is 2.02. The summed E-state index contributed by atoms with van der Waals surface area (Å²) < 4.78 is 42.7. The number of benzene rings is 1. The Bertz CT molecular complexity index is 454. The second kappa shape index (κ2) is 5.52. The van der Waals surface area contributed by atoms with Crippen LogP contribution in [0.15, 0.2) is 18.2 Å². The molecule has 1 aromatic rings. The second-order valence-electron chi connectivity index (χ2n) is 3.36. The quantitative estimate of drug-likeness (QED) is 0.827. The molecule has 0 fully saturated rings. The molecule has 0 saturated carbocycles. The van der Waals surface area contributed by atoms with Crippen LogP contribution in [0.3, 0.4) is 0 Å². The van der Waals surface area contributed by atoms with Gasteiger partial charge >= 0.3 is 12.1 Å². The molecule has 0 spiro atoms. The highest BCUT2D eigenvalue weighted by Gasteiger charge is 2.34. The number of carbonyl (C=O) groups excluding carboxylic acids is 1. The third kappa shape index (κ3) is 3.76. The Morgan fingerprint density at radius 1 is 1.39 bits per heavy atom. The summed E-state index contributed by atoms with van der Waals surface area (Å²) in [5.74, 6) is -1.66. The van der Waals surface area contributed by atoms with Crippen LogP contribution in [-0.4, -0.2) is 24.0 Å². The molecule has 0 bridgehead atoms. The van der Waals surface area contributed by atoms with Crippen LogP contribution < -0.4 is 4.74 Å². The van der Waals surface area contributed by atoms with Crippen molar-refractivity contribution in [1.82, 2.24) is 0 Å². The first-order valence-corrected chi connectivity index (χ1v) is 4.85. The predicted molar refractivity (Wildman–Crippen MR) is 54.6 cm³/mol. The predicted octanol–water partition coefficient (Wildman–Crippen LogP) is 2.37. The topological polar surface area (TPSA) is 63.6 Å². The first kappa shape index (κ1) is 14.0. The van der Waals surface area contributed by atoms with Gasteiger partial charge in [-0.25, -0.2) is 0 Å². The van der Waals surface area contributed by atoms with Crippen molar-refractivity contribution in [3.63, 3.8) is 0 Å². The lowest BCUT2D eigenvalue weighted by Gasteiger charge is -2.13. The highest BCUT2D eigenvalue weighted by atomic mass is 19.4. The summed E-state index contributed by atoms with van der Waals surface area (Å²) >= 11 is 0. The van der Waals surface area contributed by atoms with Crippen molar-refractivity contribution < 1.29 is 32.6 Å². The largest absolute Gasteiger partial charge is 0.492 e. The van der Waals surface area contributed by atoms with E-state index in [0.29, 0.717) is 6.07 Å². The van der Waals surface area contributed by atoms with Gasteiger partial charge in [0.15, 0.2) is 0 Å². The fraction of sp³-hybridized carbons (Fsp3) is 0.273. The van der Waals surface area contributed by atoms with Gasteiger partial charge in [-0.3, -0.25) is 9.59 Å². The number of hydrogen-bond donors (Lipinski definition) is 1. The van der Waals surface area contributed by atoms with Crippen molar-refractivity contribution in [2.45, 2.75) is 12.6 Å². The van der Waals surface area contributed by atoms with E-state index < -0.39 is 29.9 Å². The van der Waals surface area contributed by atoms with Crippen LogP contribution >= 0.6 is 0 Å². The zero-order valence-electron chi connectivity index (χ0n) is 9.03. The molecular formula is C11H9F3O4. The molecule has 0 aliphatic heterocycles. The van der Waals surface area contributed by atoms with Gasteiger partial charge in [-0.1, -0.05) is 0 Å². The van der Waals surface area contributed by atoms with Gasteiger partial charge in [-0.15, -0.1) is 0 Å². The molecule has 0 amide bonds. The van der Waals surface area contributed by atoms with Crippen LogP contribution in [0.2, 0.25) is 0 Å². The Morgan fingerprint density at radius 2 is 2.06 bits per heavy atom. The average molecular weight is 262 g/mol. The minimum absolute atomic E-state index is 0.132. The van der Waals surface area contributed by atoms with Crippen LogP contribution in [0.4, 0.5) is 13.2 Å². The Hall–Kier alpha value is -2.05. The van der Waals surface area contributed by atoms with Crippen molar-refractivity contribution in [2.75, 3.05) is 6.61 Å². The molecule has 1 N–H and O–H groups in total. The lowest BCUT2D eigenvalue weighted by molar-refractivity contribution is -0.139. The van der Waals surface area contributed by atoms with Crippen molar-refractivity contribution in [1.29, 1.82) is 0 Å². The van der Waals surface area contributed by atoms with Gasteiger partial charge in [0, 0.05) is 5.56 Å². The maximum Gasteiger partial charge on any atom is 0.419 e. The number of ether oxygens (including phenoxy) is 1. The molecule has 4 nitrogen and oxygen atoms in total. The fourth-order valence-corrected chi connectivity index (χ4v) is 1.22. The average Bonchev–Trinajstić information content (AvgIpc) is 2.27. The van der Waals surface area contributed by atoms with E-state index in [9.17, 15) is 22.8 Å². The summed E-state index contributed by atoms with van der Waals surface area (Å²) in [5, 5.41) is 8.35. The normalized spacial score (nSPS) is 11.1. The maximum absolute atomic E-state index is 12.6. The number of halogens is 3. The van der Waals surface area contributed by atoms with E-state index in [1.54, 1.807) is 0 Å². The van der Waals surface area contributed by atoms with Gasteiger partial charge in [0.25, 0.3) is 0 Å². The van der Waals surface area contributed by atoms with Crippen LogP contribution in [0.5, 0.6) is 5.75 Å². The van der Waals surface area contributed by atoms with Gasteiger partial charge in [0.2, 0.25) is 0 Å². The maximum atomic E-state index is 12.6. The Balaban J connectivity index is 2.96. The molecule has 0 saturated heterocycles. The van der Waals surface area contributed by atoms with E-state index in [-0.39, 0.29) is 18.5 Å². The minimum Gasteiger partial charge on any atom is -0.492 e. The van der Waals surface area contributed by atoms with Crippen LogP contribution in [-0.2, 0) is 11.0 Å². The van der Waals surface area contributed by atoms with Crippen molar-refractivity contribution in [3.05, 3.63) is 29.3 Å². The lowest BCUT2D eigenvalue weighted by Crippen LogP contribution is -2.11. The van der Waals surface area contributed by atoms with E-state index in [0.717, 1.165) is 6.07 Å². The molecule has 1 rings (SSSR count). The van der Waals surface area contributed by atoms with E-state index in [4.69, 9.17) is 9.84 Å². The summed E-state index contributed by atoms with van der Waals surface area (Å²) in [6.45, 7) is -0.376. The number of rotatable bonds is 5. The number of aldehydes is 1. The van der Waals surface area contributed by atoms with Crippen molar-refractivity contribution >= 4 is 12.3 Å². The highest BCUT2D eigenvalue weighted by molar-refractivity contribution is 5.75. The van der Waals surface area contributed by atoms with Crippen molar-refractivity contribution in [2.24, 2.45) is 0 Å². The molecular weight excluding hydrogens is 253 g/mol. The molecule has 98 valence electrons. The smallest absolute Gasteiger partial charge is 0.419 e. The molecule has 1 aromatic carbocycles. The summed E-state index contributed by atoms with van der Waals surface area (Å²) in [5.41, 5.74) is -1.23. The molecule has 0 aromatic heterocycles. The molecule has 0 radical (unpaired) electrons. The number of aliphatic carboxylic acids is 1. The Kier molecular flexibility index (Phi) is 4.30. The molecule has 0 unspecified atom stereocenters. The van der Waals surface area contributed by atoms with Gasteiger partial charge in [-0.2, -0.15) is 13.2 Å². The number of carboxylic acids is 1. The van der Waals surface area contributed by atoms with Crippen LogP contribution in [0, 0.1) is 0 Å². The van der Waals surface area contributed by atoms with E-state index in [1.807, 2.05) is 0 Å². The van der Waals surface area contributed by atoms with Crippen LogP contribution in [0.1, 0.15) is 22.3 Å². The SMILES string of the molecule is O=Cc1ccc(OCCC(=O)O)c(C(F)(F)F)c1. The molecule has 0 aliphatic rings. The van der Waals surface area contributed by atoms with E-state index in [1.165, 1.54) is 6.07 Å². The summed E-state index contributed by atoms with van der Waals surface area (Å²) in [7, 11) is 0. The third-order valence-corrected chi connectivity index (χ3v) is 2.02. The minimum atomic E-state index is -4.67. The number of alkyl halides is 3. The molecule has 0 heterocycles. The standard InChI is InChI=1S/C11H9F3O4/c12-11(13,14)8-5-7(6-15)1-2-9(8)18-4-3-10(16)17/h1-2,5-6H,3-4H2,(H,16,17). The number of hydrogen-bond acceptors (Lipinski definition) is 3. The van der Waals surface area contributed by atoms with E-state index in [2.05, 4.69) is 0 Å². The lowest BCUT2D eigenvalue weighted by atomic mass is 10.1. The zero-order valence-corrected chi connectivity index (χ0v) is 9.03. The van der Waals surface area contributed by atoms with Gasteiger partial charge < -0.3 is 9.84 Å². The van der Waals surface area contributed by atoms with Gasteiger partial charge in [0.1, 0.15) is 12.0 Å². The highest BCUT2D eigenvalue weighted by Crippen LogP contribution is 2.36. The van der Waals surface area contributed by atoms with E-state index >= 15 is 0 Å². The fourth-order valence-electron chi connectivity index (χ4n) is 1.22.